The molecule has 0 spiro atoms. The summed E-state index contributed by atoms with van der Waals surface area (Å²) in [6.07, 6.45) is 3.32. The Morgan fingerprint density at radius 2 is 1.67 bits per heavy atom. The minimum atomic E-state index is -0.154. The third-order valence-electron chi connectivity index (χ3n) is 3.55. The average Bonchev–Trinajstić information content (AvgIpc) is 2.98. The van der Waals surface area contributed by atoms with Crippen molar-refractivity contribution in [1.82, 2.24) is 9.80 Å². The Morgan fingerprint density at radius 3 is 2.22 bits per heavy atom. The SMILES string of the molecule is O=C1c2ccccc2C(=O)N1CCN1C[CH]CC1. The zero-order valence-electron chi connectivity index (χ0n) is 10.1. The average molecular weight is 243 g/mol. The van der Waals surface area contributed by atoms with Crippen molar-refractivity contribution in [1.29, 1.82) is 0 Å². The summed E-state index contributed by atoms with van der Waals surface area (Å²) in [5, 5.41) is 0. The van der Waals surface area contributed by atoms with Gasteiger partial charge < -0.3 is 4.90 Å². The van der Waals surface area contributed by atoms with Gasteiger partial charge in [-0.3, -0.25) is 14.5 Å². The van der Waals surface area contributed by atoms with Crippen LogP contribution in [0.4, 0.5) is 0 Å². The predicted molar refractivity (Wildman–Crippen MR) is 67.2 cm³/mol. The number of hydrogen-bond donors (Lipinski definition) is 0. The number of fused-ring (bicyclic) bond motifs is 1. The van der Waals surface area contributed by atoms with Gasteiger partial charge in [0.1, 0.15) is 0 Å². The van der Waals surface area contributed by atoms with E-state index in [9.17, 15) is 9.59 Å². The van der Waals surface area contributed by atoms with E-state index < -0.39 is 0 Å². The second kappa shape index (κ2) is 4.53. The standard InChI is InChI=1S/C14H15N2O2/c17-13-11-5-1-2-6-12(11)14(18)16(13)10-9-15-7-3-4-8-15/h1-3,5-6H,4,7-10H2. The highest BCUT2D eigenvalue weighted by molar-refractivity contribution is 6.21. The van der Waals surface area contributed by atoms with Crippen molar-refractivity contribution in [2.24, 2.45) is 0 Å². The lowest BCUT2D eigenvalue weighted by Gasteiger charge is -2.19. The molecule has 93 valence electrons. The van der Waals surface area contributed by atoms with Gasteiger partial charge in [0.25, 0.3) is 11.8 Å². The largest absolute Gasteiger partial charge is 0.301 e. The van der Waals surface area contributed by atoms with Gasteiger partial charge in [0, 0.05) is 19.6 Å². The molecule has 4 nitrogen and oxygen atoms in total. The molecule has 1 saturated heterocycles. The van der Waals surface area contributed by atoms with Crippen LogP contribution in [0.1, 0.15) is 27.1 Å². The molecule has 1 aromatic rings. The van der Waals surface area contributed by atoms with Crippen molar-refractivity contribution in [3.63, 3.8) is 0 Å². The molecule has 1 aromatic carbocycles. The molecule has 2 aliphatic rings. The zero-order chi connectivity index (χ0) is 12.5. The second-order valence-corrected chi connectivity index (χ2v) is 4.69. The summed E-state index contributed by atoms with van der Waals surface area (Å²) >= 11 is 0. The first kappa shape index (κ1) is 11.4. The van der Waals surface area contributed by atoms with Gasteiger partial charge in [-0.05, 0) is 31.5 Å². The van der Waals surface area contributed by atoms with Crippen molar-refractivity contribution in [3.05, 3.63) is 41.8 Å². The molecular formula is C14H15N2O2. The topological polar surface area (TPSA) is 40.6 Å². The number of benzene rings is 1. The van der Waals surface area contributed by atoms with E-state index in [0.717, 1.165) is 26.1 Å². The molecule has 0 bridgehead atoms. The fraction of sp³-hybridized carbons (Fsp3) is 0.357. The molecule has 3 rings (SSSR count). The van der Waals surface area contributed by atoms with Crippen molar-refractivity contribution >= 4 is 11.8 Å². The summed E-state index contributed by atoms with van der Waals surface area (Å²) in [6.45, 7) is 3.24. The van der Waals surface area contributed by atoms with Crippen molar-refractivity contribution in [2.45, 2.75) is 6.42 Å². The van der Waals surface area contributed by atoms with Gasteiger partial charge >= 0.3 is 0 Å². The maximum Gasteiger partial charge on any atom is 0.261 e. The number of imide groups is 1. The van der Waals surface area contributed by atoms with Gasteiger partial charge in [-0.15, -0.1) is 0 Å². The van der Waals surface area contributed by atoms with E-state index >= 15 is 0 Å². The van der Waals surface area contributed by atoms with Crippen molar-refractivity contribution in [2.75, 3.05) is 26.2 Å². The third kappa shape index (κ3) is 1.82. The monoisotopic (exact) mass is 243 g/mol. The molecule has 0 unspecified atom stereocenters. The van der Waals surface area contributed by atoms with E-state index in [4.69, 9.17) is 0 Å². The molecule has 2 amide bonds. The molecule has 2 aliphatic heterocycles. The molecule has 0 N–H and O–H groups in total. The Kier molecular flexibility index (Phi) is 2.88. The molecule has 1 radical (unpaired) electrons. The van der Waals surface area contributed by atoms with Crippen LogP contribution >= 0.6 is 0 Å². The Morgan fingerprint density at radius 1 is 1.00 bits per heavy atom. The normalized spacial score (nSPS) is 19.7. The Hall–Kier alpha value is -1.68. The lowest BCUT2D eigenvalue weighted by atomic mass is 10.1. The van der Waals surface area contributed by atoms with Crippen LogP contribution < -0.4 is 0 Å². The molecule has 0 saturated carbocycles. The van der Waals surface area contributed by atoms with Crippen LogP contribution in [0.15, 0.2) is 24.3 Å². The quantitative estimate of drug-likeness (QED) is 0.749. The van der Waals surface area contributed by atoms with E-state index in [1.807, 2.05) is 0 Å². The van der Waals surface area contributed by atoms with Crippen molar-refractivity contribution in [3.8, 4) is 0 Å². The molecule has 2 heterocycles. The first-order valence-corrected chi connectivity index (χ1v) is 6.26. The first-order chi connectivity index (χ1) is 8.77. The summed E-state index contributed by atoms with van der Waals surface area (Å²) in [5.74, 6) is -0.308. The predicted octanol–water partition coefficient (Wildman–Crippen LogP) is 1.19. The van der Waals surface area contributed by atoms with E-state index in [0.29, 0.717) is 17.7 Å². The highest BCUT2D eigenvalue weighted by Gasteiger charge is 2.34. The number of nitrogens with zero attached hydrogens (tertiary/aromatic N) is 2. The summed E-state index contributed by atoms with van der Waals surface area (Å²) < 4.78 is 0. The second-order valence-electron chi connectivity index (χ2n) is 4.69. The maximum atomic E-state index is 12.1. The Bertz CT molecular complexity index is 457. The van der Waals surface area contributed by atoms with Crippen LogP contribution in [-0.4, -0.2) is 47.8 Å². The molecule has 18 heavy (non-hydrogen) atoms. The summed E-state index contributed by atoms with van der Waals surface area (Å²) in [5.41, 5.74) is 1.07. The fourth-order valence-corrected chi connectivity index (χ4v) is 2.53. The van der Waals surface area contributed by atoms with Gasteiger partial charge in [-0.1, -0.05) is 12.1 Å². The third-order valence-corrected chi connectivity index (χ3v) is 3.55. The van der Waals surface area contributed by atoms with Crippen LogP contribution in [0.2, 0.25) is 0 Å². The van der Waals surface area contributed by atoms with Gasteiger partial charge in [0.05, 0.1) is 11.1 Å². The van der Waals surface area contributed by atoms with Crippen LogP contribution in [0.3, 0.4) is 0 Å². The van der Waals surface area contributed by atoms with E-state index in [1.54, 1.807) is 24.3 Å². The van der Waals surface area contributed by atoms with E-state index in [1.165, 1.54) is 4.90 Å². The molecule has 0 aromatic heterocycles. The number of hydrogen-bond acceptors (Lipinski definition) is 3. The first-order valence-electron chi connectivity index (χ1n) is 6.26. The minimum absolute atomic E-state index is 0.154. The molecule has 1 fully saturated rings. The van der Waals surface area contributed by atoms with Crippen LogP contribution in [0.25, 0.3) is 0 Å². The smallest absolute Gasteiger partial charge is 0.261 e. The highest BCUT2D eigenvalue weighted by atomic mass is 16.2. The van der Waals surface area contributed by atoms with E-state index in [-0.39, 0.29) is 11.8 Å². The van der Waals surface area contributed by atoms with Crippen LogP contribution in [0, 0.1) is 6.42 Å². The van der Waals surface area contributed by atoms with Gasteiger partial charge in [0.15, 0.2) is 0 Å². The summed E-state index contributed by atoms with van der Waals surface area (Å²) in [7, 11) is 0. The lowest BCUT2D eigenvalue weighted by Crippen LogP contribution is -2.37. The molecule has 4 heteroatoms. The Labute approximate surface area is 106 Å². The summed E-state index contributed by atoms with van der Waals surface area (Å²) in [6, 6.07) is 7.03. The van der Waals surface area contributed by atoms with Gasteiger partial charge in [-0.2, -0.15) is 0 Å². The molecule has 0 aliphatic carbocycles. The summed E-state index contributed by atoms with van der Waals surface area (Å²) in [4.78, 5) is 27.8. The highest BCUT2D eigenvalue weighted by Crippen LogP contribution is 2.22. The van der Waals surface area contributed by atoms with Crippen LogP contribution in [0.5, 0.6) is 0 Å². The number of carbonyl (C=O) groups excluding carboxylic acids is 2. The number of likely N-dealkylation sites (tertiary alicyclic amines) is 1. The lowest BCUT2D eigenvalue weighted by molar-refractivity contribution is 0.0641. The number of amides is 2. The van der Waals surface area contributed by atoms with Gasteiger partial charge in [0.2, 0.25) is 0 Å². The molecular weight excluding hydrogens is 228 g/mol. The zero-order valence-corrected chi connectivity index (χ0v) is 10.1. The maximum absolute atomic E-state index is 12.1. The fourth-order valence-electron chi connectivity index (χ4n) is 2.53. The molecule has 0 atom stereocenters. The minimum Gasteiger partial charge on any atom is -0.301 e. The van der Waals surface area contributed by atoms with Gasteiger partial charge in [-0.25, -0.2) is 0 Å². The number of carbonyl (C=O) groups is 2. The number of rotatable bonds is 3. The van der Waals surface area contributed by atoms with Crippen LogP contribution in [-0.2, 0) is 0 Å². The van der Waals surface area contributed by atoms with Crippen molar-refractivity contribution < 1.29 is 9.59 Å². The Balaban J connectivity index is 1.71. The van der Waals surface area contributed by atoms with E-state index in [2.05, 4.69) is 11.3 Å².